The van der Waals surface area contributed by atoms with Gasteiger partial charge in [0, 0.05) is 34.7 Å². The van der Waals surface area contributed by atoms with E-state index < -0.39 is 0 Å². The Hall–Kier alpha value is -2.53. The highest BCUT2D eigenvalue weighted by molar-refractivity contribution is 5.90. The minimum atomic E-state index is 0.862. The van der Waals surface area contributed by atoms with E-state index >= 15 is 0 Å². The highest BCUT2D eigenvalue weighted by Gasteiger charge is 2.07. The number of fused-ring (bicyclic) bond motifs is 1. The lowest BCUT2D eigenvalue weighted by Gasteiger charge is -2.01. The molecule has 0 saturated carbocycles. The van der Waals surface area contributed by atoms with Crippen molar-refractivity contribution in [3.8, 4) is 6.07 Å². The minimum Gasteiger partial charge on any atom is -0.358 e. The molecule has 0 saturated heterocycles. The van der Waals surface area contributed by atoms with Gasteiger partial charge in [-0.1, -0.05) is 41.5 Å². The monoisotopic (exact) mass is 304 g/mol. The Kier molecular flexibility index (Phi) is 6.00. The first-order valence-electron chi connectivity index (χ1n) is 8.06. The molecule has 2 heteroatoms. The van der Waals surface area contributed by atoms with Crippen molar-refractivity contribution in [2.45, 2.75) is 40.0 Å². The fourth-order valence-corrected chi connectivity index (χ4v) is 2.66. The van der Waals surface area contributed by atoms with E-state index in [4.69, 9.17) is 5.26 Å². The summed E-state index contributed by atoms with van der Waals surface area (Å²) in [5.41, 5.74) is 6.18. The van der Waals surface area contributed by atoms with Crippen LogP contribution in [0.4, 0.5) is 0 Å². The normalized spacial score (nSPS) is 11.8. The van der Waals surface area contributed by atoms with Crippen LogP contribution in [0.15, 0.2) is 53.6 Å². The molecule has 2 rings (SSSR count). The highest BCUT2D eigenvalue weighted by Crippen LogP contribution is 2.24. The highest BCUT2D eigenvalue weighted by atomic mass is 14.7. The lowest BCUT2D eigenvalue weighted by atomic mass is 10.1. The van der Waals surface area contributed by atoms with Gasteiger partial charge in [0.1, 0.15) is 0 Å². The third kappa shape index (κ3) is 4.72. The van der Waals surface area contributed by atoms with Crippen molar-refractivity contribution >= 4 is 17.0 Å². The Morgan fingerprint density at radius 1 is 1.17 bits per heavy atom. The predicted molar refractivity (Wildman–Crippen MR) is 99.1 cm³/mol. The number of aromatic amines is 1. The Morgan fingerprint density at radius 2 is 1.96 bits per heavy atom. The second-order valence-corrected chi connectivity index (χ2v) is 6.10. The van der Waals surface area contributed by atoms with Crippen LogP contribution in [-0.2, 0) is 6.42 Å². The molecule has 0 unspecified atom stereocenters. The van der Waals surface area contributed by atoms with Gasteiger partial charge in [0.15, 0.2) is 0 Å². The first-order chi connectivity index (χ1) is 11.1. The maximum atomic E-state index is 8.82. The summed E-state index contributed by atoms with van der Waals surface area (Å²) in [7, 11) is 0. The van der Waals surface area contributed by atoms with Crippen LogP contribution in [0.3, 0.4) is 0 Å². The zero-order valence-corrected chi connectivity index (χ0v) is 14.2. The third-order valence-corrected chi connectivity index (χ3v) is 3.90. The van der Waals surface area contributed by atoms with E-state index in [-0.39, 0.29) is 0 Å². The number of allylic oxidation sites excluding steroid dienone is 5. The molecule has 0 aliphatic heterocycles. The number of para-hydroxylation sites is 1. The second kappa shape index (κ2) is 8.19. The van der Waals surface area contributed by atoms with Crippen LogP contribution < -0.4 is 0 Å². The Balaban J connectivity index is 2.20. The summed E-state index contributed by atoms with van der Waals surface area (Å²) in [5, 5.41) is 9.99. The molecular formula is C21H24N2. The molecule has 0 amide bonds. The fourth-order valence-electron chi connectivity index (χ4n) is 2.66. The quantitative estimate of drug-likeness (QED) is 0.520. The summed E-state index contributed by atoms with van der Waals surface area (Å²) < 4.78 is 0. The van der Waals surface area contributed by atoms with Gasteiger partial charge < -0.3 is 4.98 Å². The van der Waals surface area contributed by atoms with Crippen molar-refractivity contribution in [1.82, 2.24) is 4.98 Å². The SMILES string of the molecule is CC(C)=CCC/C(C)=C/Cc1[nH]c2ccccc2c1/C=C\C#N. The molecule has 1 aromatic carbocycles. The Morgan fingerprint density at radius 3 is 2.70 bits per heavy atom. The zero-order chi connectivity index (χ0) is 16.7. The summed E-state index contributed by atoms with van der Waals surface area (Å²) in [6, 6.07) is 10.3. The molecule has 0 aliphatic rings. The van der Waals surface area contributed by atoms with Crippen molar-refractivity contribution in [3.63, 3.8) is 0 Å². The summed E-state index contributed by atoms with van der Waals surface area (Å²) in [6.07, 6.45) is 11.1. The third-order valence-electron chi connectivity index (χ3n) is 3.90. The van der Waals surface area contributed by atoms with E-state index in [1.807, 2.05) is 18.2 Å². The number of aromatic nitrogens is 1. The lowest BCUT2D eigenvalue weighted by Crippen LogP contribution is -1.87. The molecule has 0 radical (unpaired) electrons. The van der Waals surface area contributed by atoms with E-state index in [0.29, 0.717) is 0 Å². The number of rotatable bonds is 6. The van der Waals surface area contributed by atoms with Crippen molar-refractivity contribution < 1.29 is 0 Å². The molecule has 1 aromatic heterocycles. The minimum absolute atomic E-state index is 0.862. The number of nitrogens with zero attached hydrogens (tertiary/aromatic N) is 1. The molecule has 0 aliphatic carbocycles. The zero-order valence-electron chi connectivity index (χ0n) is 14.2. The summed E-state index contributed by atoms with van der Waals surface area (Å²) in [5.74, 6) is 0. The van der Waals surface area contributed by atoms with E-state index in [1.165, 1.54) is 22.2 Å². The first-order valence-corrected chi connectivity index (χ1v) is 8.06. The Labute approximate surface area is 138 Å². The molecule has 23 heavy (non-hydrogen) atoms. The van der Waals surface area contributed by atoms with Crippen molar-refractivity contribution in [3.05, 3.63) is 64.9 Å². The van der Waals surface area contributed by atoms with Crippen LogP contribution in [0.25, 0.3) is 17.0 Å². The topological polar surface area (TPSA) is 39.6 Å². The van der Waals surface area contributed by atoms with Crippen LogP contribution in [-0.4, -0.2) is 4.98 Å². The number of hydrogen-bond donors (Lipinski definition) is 1. The van der Waals surface area contributed by atoms with Crippen LogP contribution in [0.2, 0.25) is 0 Å². The molecule has 0 spiro atoms. The van der Waals surface area contributed by atoms with E-state index in [9.17, 15) is 0 Å². The summed E-state index contributed by atoms with van der Waals surface area (Å²) in [4.78, 5) is 3.49. The first kappa shape index (κ1) is 16.8. The van der Waals surface area contributed by atoms with Gasteiger partial charge in [-0.15, -0.1) is 0 Å². The second-order valence-electron chi connectivity index (χ2n) is 6.10. The van der Waals surface area contributed by atoms with Crippen LogP contribution in [0.5, 0.6) is 0 Å². The average molecular weight is 304 g/mol. The molecule has 2 aromatic rings. The largest absolute Gasteiger partial charge is 0.358 e. The van der Waals surface area contributed by atoms with Crippen LogP contribution in [0.1, 0.15) is 44.9 Å². The molecule has 118 valence electrons. The van der Waals surface area contributed by atoms with Gasteiger partial charge in [-0.05, 0) is 45.8 Å². The maximum absolute atomic E-state index is 8.82. The molecule has 1 N–H and O–H groups in total. The number of benzene rings is 1. The smallest absolute Gasteiger partial charge is 0.0912 e. The van der Waals surface area contributed by atoms with E-state index in [0.717, 1.165) is 30.3 Å². The molecule has 2 nitrogen and oxygen atoms in total. The van der Waals surface area contributed by atoms with Gasteiger partial charge in [0.05, 0.1) is 6.07 Å². The number of H-pyrrole nitrogens is 1. The van der Waals surface area contributed by atoms with Gasteiger partial charge in [0.25, 0.3) is 0 Å². The summed E-state index contributed by atoms with van der Waals surface area (Å²) in [6.45, 7) is 6.46. The van der Waals surface area contributed by atoms with Gasteiger partial charge in [-0.2, -0.15) is 5.26 Å². The standard InChI is InChI=1S/C21H24N2/c1-16(2)8-6-9-17(3)13-14-21-19(11-7-15-22)18-10-4-5-12-20(18)23-21/h4-5,7-8,10-13,23H,6,9,14H2,1-3H3/b11-7-,17-13+. The maximum Gasteiger partial charge on any atom is 0.0912 e. The van der Waals surface area contributed by atoms with E-state index in [2.05, 4.69) is 56.1 Å². The van der Waals surface area contributed by atoms with Crippen molar-refractivity contribution in [2.75, 3.05) is 0 Å². The molecule has 0 bridgehead atoms. The van der Waals surface area contributed by atoms with Crippen LogP contribution >= 0.6 is 0 Å². The number of nitriles is 1. The molecular weight excluding hydrogens is 280 g/mol. The average Bonchev–Trinajstić information content (AvgIpc) is 2.88. The molecule has 0 fully saturated rings. The number of nitrogens with one attached hydrogen (secondary N) is 1. The number of hydrogen-bond acceptors (Lipinski definition) is 1. The molecule has 0 atom stereocenters. The van der Waals surface area contributed by atoms with Gasteiger partial charge >= 0.3 is 0 Å². The lowest BCUT2D eigenvalue weighted by molar-refractivity contribution is 0.952. The van der Waals surface area contributed by atoms with Crippen molar-refractivity contribution in [1.29, 1.82) is 5.26 Å². The summed E-state index contributed by atoms with van der Waals surface area (Å²) >= 11 is 0. The predicted octanol–water partition coefficient (Wildman–Crippen LogP) is 5.94. The van der Waals surface area contributed by atoms with Crippen LogP contribution in [0, 0.1) is 11.3 Å². The van der Waals surface area contributed by atoms with Gasteiger partial charge in [-0.3, -0.25) is 0 Å². The van der Waals surface area contributed by atoms with Crippen molar-refractivity contribution in [2.24, 2.45) is 0 Å². The van der Waals surface area contributed by atoms with E-state index in [1.54, 1.807) is 6.08 Å². The Bertz CT molecular complexity index is 791. The fraction of sp³-hybridized carbons (Fsp3) is 0.286. The molecule has 1 heterocycles. The van der Waals surface area contributed by atoms with Gasteiger partial charge in [0.2, 0.25) is 0 Å². The van der Waals surface area contributed by atoms with Gasteiger partial charge in [-0.25, -0.2) is 0 Å².